The molecule has 0 heterocycles. The van der Waals surface area contributed by atoms with E-state index >= 15 is 0 Å². The van der Waals surface area contributed by atoms with Crippen LogP contribution in [0.15, 0.2) is 18.2 Å². The van der Waals surface area contributed by atoms with E-state index in [-0.39, 0.29) is 11.5 Å². The summed E-state index contributed by atoms with van der Waals surface area (Å²) in [5.41, 5.74) is 4.87. The molecule has 0 saturated carbocycles. The molecule has 1 aromatic rings. The molecule has 4 nitrogen and oxygen atoms in total. The third-order valence-electron chi connectivity index (χ3n) is 2.98. The van der Waals surface area contributed by atoms with Gasteiger partial charge >= 0.3 is 0 Å². The Hall–Kier alpha value is -1.98. The minimum atomic E-state index is -0.982. The maximum Gasteiger partial charge on any atom is 0.254 e. The van der Waals surface area contributed by atoms with Gasteiger partial charge in [-0.1, -0.05) is 20.3 Å². The summed E-state index contributed by atoms with van der Waals surface area (Å²) < 4.78 is 26.2. The average molecular weight is 270 g/mol. The molecule has 0 fully saturated rings. The van der Waals surface area contributed by atoms with Gasteiger partial charge in [-0.05, 0) is 18.1 Å². The molecule has 1 rings (SSSR count). The molecule has 0 aliphatic heterocycles. The van der Waals surface area contributed by atoms with Crippen LogP contribution in [0.3, 0.4) is 0 Å². The van der Waals surface area contributed by atoms with Crippen LogP contribution in [-0.2, 0) is 4.79 Å². The van der Waals surface area contributed by atoms with Crippen molar-refractivity contribution in [2.24, 2.45) is 11.7 Å². The van der Waals surface area contributed by atoms with Crippen LogP contribution in [0, 0.1) is 17.6 Å². The molecule has 0 bridgehead atoms. The Morgan fingerprint density at radius 3 is 2.47 bits per heavy atom. The fourth-order valence-electron chi connectivity index (χ4n) is 1.62. The molecular weight excluding hydrogens is 254 g/mol. The Balaban J connectivity index is 2.91. The van der Waals surface area contributed by atoms with Crippen LogP contribution in [0.4, 0.5) is 8.78 Å². The van der Waals surface area contributed by atoms with E-state index in [0.717, 1.165) is 12.1 Å². The quantitative estimate of drug-likeness (QED) is 0.853. The molecule has 2 amide bonds. The van der Waals surface area contributed by atoms with Gasteiger partial charge in [0.2, 0.25) is 5.91 Å². The molecule has 1 aromatic carbocycles. The summed E-state index contributed by atoms with van der Waals surface area (Å²) in [5.74, 6) is -3.41. The number of primary amides is 1. The highest BCUT2D eigenvalue weighted by molar-refractivity contribution is 5.97. The number of carbonyl (C=O) groups is 2. The van der Waals surface area contributed by atoms with E-state index in [2.05, 4.69) is 5.32 Å². The van der Waals surface area contributed by atoms with E-state index in [1.807, 2.05) is 6.92 Å². The van der Waals surface area contributed by atoms with Gasteiger partial charge in [-0.2, -0.15) is 0 Å². The number of carbonyl (C=O) groups excluding carboxylic acids is 2. The SMILES string of the molecule is CCC(C)C(NC(=O)c1ccc(F)cc1F)C(N)=O. The standard InChI is InChI=1S/C13H16F2N2O2/c1-3-7(2)11(12(16)18)17-13(19)9-5-4-8(14)6-10(9)15/h4-7,11H,3H2,1-2H3,(H2,16,18)(H,17,19). The lowest BCUT2D eigenvalue weighted by atomic mass is 9.98. The van der Waals surface area contributed by atoms with Gasteiger partial charge in [0.15, 0.2) is 0 Å². The summed E-state index contributed by atoms with van der Waals surface area (Å²) >= 11 is 0. The molecule has 0 spiro atoms. The van der Waals surface area contributed by atoms with E-state index in [0.29, 0.717) is 12.5 Å². The van der Waals surface area contributed by atoms with Crippen LogP contribution in [0.1, 0.15) is 30.6 Å². The van der Waals surface area contributed by atoms with Crippen molar-refractivity contribution in [1.29, 1.82) is 0 Å². The number of amides is 2. The van der Waals surface area contributed by atoms with E-state index in [4.69, 9.17) is 5.73 Å². The Morgan fingerprint density at radius 2 is 2.00 bits per heavy atom. The molecule has 0 saturated heterocycles. The fourth-order valence-corrected chi connectivity index (χ4v) is 1.62. The zero-order valence-corrected chi connectivity index (χ0v) is 10.7. The molecule has 3 N–H and O–H groups in total. The van der Waals surface area contributed by atoms with Crippen molar-refractivity contribution in [3.63, 3.8) is 0 Å². The first kappa shape index (κ1) is 15.1. The maximum atomic E-state index is 13.4. The van der Waals surface area contributed by atoms with Crippen LogP contribution in [0.25, 0.3) is 0 Å². The first-order chi connectivity index (χ1) is 8.86. The van der Waals surface area contributed by atoms with Crippen molar-refractivity contribution in [2.45, 2.75) is 26.3 Å². The third-order valence-corrected chi connectivity index (χ3v) is 2.98. The fraction of sp³-hybridized carbons (Fsp3) is 0.385. The van der Waals surface area contributed by atoms with Crippen LogP contribution in [-0.4, -0.2) is 17.9 Å². The number of benzene rings is 1. The maximum absolute atomic E-state index is 13.4. The molecule has 0 aliphatic carbocycles. The van der Waals surface area contributed by atoms with Crippen LogP contribution < -0.4 is 11.1 Å². The third kappa shape index (κ3) is 3.74. The van der Waals surface area contributed by atoms with Crippen molar-refractivity contribution < 1.29 is 18.4 Å². The van der Waals surface area contributed by atoms with Crippen molar-refractivity contribution in [1.82, 2.24) is 5.32 Å². The highest BCUT2D eigenvalue weighted by atomic mass is 19.1. The van der Waals surface area contributed by atoms with E-state index < -0.39 is 29.5 Å². The molecule has 0 aromatic heterocycles. The number of halogens is 2. The second-order valence-electron chi connectivity index (χ2n) is 4.36. The van der Waals surface area contributed by atoms with Gasteiger partial charge in [-0.3, -0.25) is 9.59 Å². The highest BCUT2D eigenvalue weighted by Gasteiger charge is 2.25. The van der Waals surface area contributed by atoms with Crippen molar-refractivity contribution in [3.05, 3.63) is 35.4 Å². The van der Waals surface area contributed by atoms with Gasteiger partial charge in [-0.25, -0.2) is 8.78 Å². The van der Waals surface area contributed by atoms with Gasteiger partial charge < -0.3 is 11.1 Å². The van der Waals surface area contributed by atoms with Gasteiger partial charge in [0.25, 0.3) is 5.91 Å². The highest BCUT2D eigenvalue weighted by Crippen LogP contribution is 2.12. The van der Waals surface area contributed by atoms with Gasteiger partial charge in [0, 0.05) is 6.07 Å². The largest absolute Gasteiger partial charge is 0.368 e. The minimum Gasteiger partial charge on any atom is -0.368 e. The Labute approximate surface area is 110 Å². The van der Waals surface area contributed by atoms with Crippen molar-refractivity contribution in [3.8, 4) is 0 Å². The van der Waals surface area contributed by atoms with Crippen LogP contribution in [0.5, 0.6) is 0 Å². The van der Waals surface area contributed by atoms with Crippen molar-refractivity contribution >= 4 is 11.8 Å². The Kier molecular flexibility index (Phi) is 4.97. The summed E-state index contributed by atoms with van der Waals surface area (Å²) in [5, 5.41) is 2.37. The smallest absolute Gasteiger partial charge is 0.254 e. The lowest BCUT2D eigenvalue weighted by Gasteiger charge is -2.21. The number of hydrogen-bond acceptors (Lipinski definition) is 2. The summed E-state index contributed by atoms with van der Waals surface area (Å²) in [6.07, 6.45) is 0.625. The van der Waals surface area contributed by atoms with E-state index in [1.54, 1.807) is 6.92 Å². The molecule has 104 valence electrons. The zero-order valence-electron chi connectivity index (χ0n) is 10.7. The predicted molar refractivity (Wildman–Crippen MR) is 66.3 cm³/mol. The van der Waals surface area contributed by atoms with Crippen LogP contribution >= 0.6 is 0 Å². The monoisotopic (exact) mass is 270 g/mol. The average Bonchev–Trinajstić information content (AvgIpc) is 2.34. The molecular formula is C13H16F2N2O2. The van der Waals surface area contributed by atoms with Crippen LogP contribution in [0.2, 0.25) is 0 Å². The topological polar surface area (TPSA) is 72.2 Å². The van der Waals surface area contributed by atoms with E-state index in [1.165, 1.54) is 0 Å². The molecule has 0 radical (unpaired) electrons. The zero-order chi connectivity index (χ0) is 14.6. The second-order valence-corrected chi connectivity index (χ2v) is 4.36. The Morgan fingerprint density at radius 1 is 1.37 bits per heavy atom. The lowest BCUT2D eigenvalue weighted by molar-refractivity contribution is -0.120. The van der Waals surface area contributed by atoms with Gasteiger partial charge in [0.1, 0.15) is 17.7 Å². The Bertz CT molecular complexity index is 492. The predicted octanol–water partition coefficient (Wildman–Crippen LogP) is 1.59. The minimum absolute atomic E-state index is 0.176. The molecule has 6 heteroatoms. The van der Waals surface area contributed by atoms with Gasteiger partial charge in [-0.15, -0.1) is 0 Å². The summed E-state index contributed by atoms with van der Waals surface area (Å²) in [6, 6.07) is 1.72. The molecule has 2 unspecified atom stereocenters. The number of rotatable bonds is 5. The molecule has 2 atom stereocenters. The summed E-state index contributed by atoms with van der Waals surface area (Å²) in [6.45, 7) is 3.59. The summed E-state index contributed by atoms with van der Waals surface area (Å²) in [4.78, 5) is 23.1. The van der Waals surface area contributed by atoms with Gasteiger partial charge in [0.05, 0.1) is 5.56 Å². The number of hydrogen-bond donors (Lipinski definition) is 2. The number of nitrogens with two attached hydrogens (primary N) is 1. The van der Waals surface area contributed by atoms with Crippen molar-refractivity contribution in [2.75, 3.05) is 0 Å². The number of nitrogens with one attached hydrogen (secondary N) is 1. The molecule has 19 heavy (non-hydrogen) atoms. The molecule has 0 aliphatic rings. The normalized spacial score (nSPS) is 13.7. The lowest BCUT2D eigenvalue weighted by Crippen LogP contribution is -2.48. The van der Waals surface area contributed by atoms with E-state index in [9.17, 15) is 18.4 Å². The second kappa shape index (κ2) is 6.26. The summed E-state index contributed by atoms with van der Waals surface area (Å²) in [7, 11) is 0. The first-order valence-corrected chi connectivity index (χ1v) is 5.92. The first-order valence-electron chi connectivity index (χ1n) is 5.92.